The number of carbonyl (C=O) groups is 1. The number of nitrogens with zero attached hydrogens (tertiary/aromatic N) is 3. The van der Waals surface area contributed by atoms with Crippen molar-refractivity contribution in [2.24, 2.45) is 0 Å². The Morgan fingerprint density at radius 2 is 1.60 bits per heavy atom. The van der Waals surface area contributed by atoms with Gasteiger partial charge in [-0.05, 0) is 48.1 Å². The number of carbonyl (C=O) groups excluding carboxylic acids is 1. The summed E-state index contributed by atoms with van der Waals surface area (Å²) < 4.78 is 5.09. The Morgan fingerprint density at radius 3 is 2.23 bits per heavy atom. The highest BCUT2D eigenvalue weighted by Gasteiger charge is 2.21. The molecule has 0 spiro atoms. The largest absolute Gasteiger partial charge is 0.457 e. The van der Waals surface area contributed by atoms with Crippen LogP contribution < -0.4 is 0 Å². The number of cyclic esters (lactones) is 1. The summed E-state index contributed by atoms with van der Waals surface area (Å²) in [5, 5.41) is 9.19. The fourth-order valence-electron chi connectivity index (χ4n) is 4.36. The minimum Gasteiger partial charge on any atom is -0.457 e. The van der Waals surface area contributed by atoms with Crippen molar-refractivity contribution in [3.05, 3.63) is 69.8 Å². The Balaban J connectivity index is 1.21. The second-order valence-corrected chi connectivity index (χ2v) is 8.21. The molecule has 5 nitrogen and oxygen atoms in total. The van der Waals surface area contributed by atoms with E-state index >= 15 is 0 Å². The van der Waals surface area contributed by atoms with E-state index < -0.39 is 0 Å². The first-order valence-corrected chi connectivity index (χ1v) is 10.9. The predicted octanol–water partition coefficient (Wildman–Crippen LogP) is 3.19. The van der Waals surface area contributed by atoms with Gasteiger partial charge in [0.1, 0.15) is 6.61 Å². The Kier molecular flexibility index (Phi) is 6.47. The molecule has 0 saturated carbocycles. The maximum atomic E-state index is 11.6. The number of hydrogen-bond acceptors (Lipinski definition) is 5. The normalized spacial score (nSPS) is 16.9. The second kappa shape index (κ2) is 9.42. The van der Waals surface area contributed by atoms with Crippen molar-refractivity contribution in [2.75, 3.05) is 39.3 Å². The maximum absolute atomic E-state index is 11.6. The molecule has 4 rings (SSSR count). The average molecular weight is 404 g/mol. The Morgan fingerprint density at radius 1 is 0.967 bits per heavy atom. The molecule has 2 aliphatic heterocycles. The lowest BCUT2D eigenvalue weighted by atomic mass is 10.0. The van der Waals surface area contributed by atoms with Gasteiger partial charge >= 0.3 is 5.97 Å². The van der Waals surface area contributed by atoms with Crippen LogP contribution in [0.2, 0.25) is 0 Å². The highest BCUT2D eigenvalue weighted by atomic mass is 16.5. The number of ether oxygens (including phenoxy) is 1. The molecular formula is C25H29N3O2. The molecule has 0 unspecified atom stereocenters. The third-order valence-corrected chi connectivity index (χ3v) is 6.32. The number of piperazine rings is 1. The molecule has 2 aromatic rings. The van der Waals surface area contributed by atoms with Crippen LogP contribution in [0.25, 0.3) is 0 Å². The van der Waals surface area contributed by atoms with Crippen LogP contribution in [0.3, 0.4) is 0 Å². The number of benzene rings is 2. The van der Waals surface area contributed by atoms with E-state index in [1.54, 1.807) is 0 Å². The summed E-state index contributed by atoms with van der Waals surface area (Å²) in [5.41, 5.74) is 6.31. The van der Waals surface area contributed by atoms with Gasteiger partial charge in [0, 0.05) is 44.8 Å². The highest BCUT2D eigenvalue weighted by Crippen LogP contribution is 2.21. The minimum atomic E-state index is -0.195. The van der Waals surface area contributed by atoms with Gasteiger partial charge in [0.05, 0.1) is 17.2 Å². The van der Waals surface area contributed by atoms with E-state index in [1.165, 1.54) is 11.1 Å². The fourth-order valence-corrected chi connectivity index (χ4v) is 4.36. The zero-order valence-electron chi connectivity index (χ0n) is 17.7. The second-order valence-electron chi connectivity index (χ2n) is 8.21. The molecule has 0 radical (unpaired) electrons. The summed E-state index contributed by atoms with van der Waals surface area (Å²) in [6, 6.07) is 14.6. The van der Waals surface area contributed by atoms with E-state index in [-0.39, 0.29) is 5.97 Å². The van der Waals surface area contributed by atoms with Crippen molar-refractivity contribution in [3.63, 3.8) is 0 Å². The molecule has 0 N–H and O–H groups in total. The van der Waals surface area contributed by atoms with E-state index in [0.29, 0.717) is 6.61 Å². The lowest BCUT2D eigenvalue weighted by molar-refractivity contribution is 0.0535. The van der Waals surface area contributed by atoms with Gasteiger partial charge in [-0.2, -0.15) is 5.26 Å². The van der Waals surface area contributed by atoms with Gasteiger partial charge in [0.25, 0.3) is 0 Å². The topological polar surface area (TPSA) is 56.6 Å². The van der Waals surface area contributed by atoms with Crippen LogP contribution in [-0.4, -0.2) is 55.0 Å². The summed E-state index contributed by atoms with van der Waals surface area (Å²) in [5.74, 6) is -0.195. The lowest BCUT2D eigenvalue weighted by Crippen LogP contribution is -2.47. The van der Waals surface area contributed by atoms with Gasteiger partial charge < -0.3 is 14.5 Å². The molecule has 0 aromatic heterocycles. The molecule has 0 aliphatic carbocycles. The van der Waals surface area contributed by atoms with Crippen LogP contribution >= 0.6 is 0 Å². The van der Waals surface area contributed by atoms with Crippen LogP contribution in [0, 0.1) is 11.3 Å². The van der Waals surface area contributed by atoms with E-state index in [9.17, 15) is 10.1 Å². The quantitative estimate of drug-likeness (QED) is 0.665. The molecule has 0 bridgehead atoms. The van der Waals surface area contributed by atoms with Crippen molar-refractivity contribution >= 4 is 5.97 Å². The first-order chi connectivity index (χ1) is 14.7. The molecule has 0 amide bonds. The predicted molar refractivity (Wildman–Crippen MR) is 116 cm³/mol. The van der Waals surface area contributed by atoms with Gasteiger partial charge in [0.15, 0.2) is 0 Å². The number of hydrogen-bond donors (Lipinski definition) is 0. The first-order valence-electron chi connectivity index (χ1n) is 10.9. The molecule has 156 valence electrons. The molecule has 0 atom stereocenters. The van der Waals surface area contributed by atoms with Gasteiger partial charge in [0.2, 0.25) is 0 Å². The molecule has 2 aromatic carbocycles. The zero-order valence-corrected chi connectivity index (χ0v) is 17.7. The number of rotatable bonds is 7. The van der Waals surface area contributed by atoms with E-state index in [2.05, 4.69) is 47.1 Å². The Bertz CT molecular complexity index is 955. The van der Waals surface area contributed by atoms with Crippen molar-refractivity contribution in [1.82, 2.24) is 9.80 Å². The zero-order chi connectivity index (χ0) is 20.9. The summed E-state index contributed by atoms with van der Waals surface area (Å²) in [6.07, 6.45) is 2.95. The third kappa shape index (κ3) is 4.72. The van der Waals surface area contributed by atoms with Crippen LogP contribution in [-0.2, 0) is 30.6 Å². The summed E-state index contributed by atoms with van der Waals surface area (Å²) in [4.78, 5) is 16.6. The fraction of sp³-hybridized carbons (Fsp3) is 0.440. The van der Waals surface area contributed by atoms with Crippen molar-refractivity contribution < 1.29 is 9.53 Å². The van der Waals surface area contributed by atoms with Gasteiger partial charge in [-0.3, -0.25) is 0 Å². The average Bonchev–Trinajstić information content (AvgIpc) is 3.16. The molecule has 2 heterocycles. The summed E-state index contributed by atoms with van der Waals surface area (Å²) in [7, 11) is 0. The molecular weight excluding hydrogens is 374 g/mol. The van der Waals surface area contributed by atoms with Crippen molar-refractivity contribution in [3.8, 4) is 6.07 Å². The number of esters is 1. The first kappa shape index (κ1) is 20.6. The molecule has 30 heavy (non-hydrogen) atoms. The number of fused-ring (bicyclic) bond motifs is 1. The summed E-state index contributed by atoms with van der Waals surface area (Å²) >= 11 is 0. The van der Waals surface area contributed by atoms with E-state index in [0.717, 1.165) is 80.8 Å². The maximum Gasteiger partial charge on any atom is 0.338 e. The molecule has 2 aliphatic rings. The van der Waals surface area contributed by atoms with Gasteiger partial charge in [-0.25, -0.2) is 4.79 Å². The van der Waals surface area contributed by atoms with Crippen LogP contribution in [0.15, 0.2) is 36.4 Å². The van der Waals surface area contributed by atoms with E-state index in [1.807, 2.05) is 12.1 Å². The third-order valence-electron chi connectivity index (χ3n) is 6.32. The number of aryl methyl sites for hydroxylation is 1. The smallest absolute Gasteiger partial charge is 0.338 e. The van der Waals surface area contributed by atoms with Gasteiger partial charge in [-0.1, -0.05) is 31.2 Å². The van der Waals surface area contributed by atoms with Crippen molar-refractivity contribution in [2.45, 2.75) is 32.8 Å². The summed E-state index contributed by atoms with van der Waals surface area (Å²) in [6.45, 7) is 9.04. The Hall–Kier alpha value is -2.68. The lowest BCUT2D eigenvalue weighted by Gasteiger charge is -2.34. The Labute approximate surface area is 178 Å². The molecule has 5 heteroatoms. The van der Waals surface area contributed by atoms with Crippen molar-refractivity contribution in [1.29, 1.82) is 5.26 Å². The van der Waals surface area contributed by atoms with Crippen LogP contribution in [0.4, 0.5) is 0 Å². The standard InChI is InChI=1S/C25H29N3O2/c1-2-21-15-19(3-5-22(21)17-26)7-9-27-11-13-28(14-12-27)10-8-20-4-6-24-23(16-20)18-30-25(24)29/h3-6,15-16H,2,7-14,18H2,1H3. The van der Waals surface area contributed by atoms with E-state index in [4.69, 9.17) is 4.74 Å². The SMILES string of the molecule is CCc1cc(CCN2CCN(CCc3ccc4c(c3)COC4=O)CC2)ccc1C#N. The van der Waals surface area contributed by atoms with Gasteiger partial charge in [-0.15, -0.1) is 0 Å². The molecule has 1 saturated heterocycles. The van der Waals surface area contributed by atoms with Crippen LogP contribution in [0.1, 0.15) is 45.1 Å². The van der Waals surface area contributed by atoms with Crippen LogP contribution in [0.5, 0.6) is 0 Å². The number of nitriles is 1. The minimum absolute atomic E-state index is 0.195. The monoisotopic (exact) mass is 403 g/mol. The molecule has 1 fully saturated rings. The highest BCUT2D eigenvalue weighted by molar-refractivity contribution is 5.93.